The fourth-order valence-electron chi connectivity index (χ4n) is 3.97. The van der Waals surface area contributed by atoms with Gasteiger partial charge in [-0.1, -0.05) is 27.7 Å². The lowest BCUT2D eigenvalue weighted by molar-refractivity contribution is -0.112. The summed E-state index contributed by atoms with van der Waals surface area (Å²) in [4.78, 5) is 2.74. The summed E-state index contributed by atoms with van der Waals surface area (Å²) in [5, 5.41) is 3.70. The first-order chi connectivity index (χ1) is 9.58. The van der Waals surface area contributed by atoms with Crippen molar-refractivity contribution in [1.82, 2.24) is 10.2 Å². The summed E-state index contributed by atoms with van der Waals surface area (Å²) >= 11 is 0. The Labute approximate surface area is 125 Å². The molecule has 3 nitrogen and oxygen atoms in total. The maximum Gasteiger partial charge on any atom is 0.0692 e. The Kier molecular flexibility index (Phi) is 5.88. The van der Waals surface area contributed by atoms with Gasteiger partial charge in [-0.25, -0.2) is 0 Å². The Balaban J connectivity index is 1.93. The van der Waals surface area contributed by atoms with Gasteiger partial charge in [-0.05, 0) is 38.0 Å². The van der Waals surface area contributed by atoms with Crippen molar-refractivity contribution < 1.29 is 4.74 Å². The molecule has 0 aromatic rings. The minimum Gasteiger partial charge on any atom is -0.375 e. The lowest BCUT2D eigenvalue weighted by Crippen LogP contribution is -2.57. The van der Waals surface area contributed by atoms with Gasteiger partial charge in [0, 0.05) is 38.3 Å². The van der Waals surface area contributed by atoms with Gasteiger partial charge in [-0.2, -0.15) is 0 Å². The summed E-state index contributed by atoms with van der Waals surface area (Å²) in [6.45, 7) is 13.8. The first-order valence-corrected chi connectivity index (χ1v) is 8.70. The van der Waals surface area contributed by atoms with E-state index in [0.717, 1.165) is 38.0 Å². The predicted octanol–water partition coefficient (Wildman–Crippen LogP) is 3.04. The molecule has 0 aliphatic carbocycles. The Morgan fingerprint density at radius 3 is 2.70 bits per heavy atom. The van der Waals surface area contributed by atoms with Gasteiger partial charge in [0.2, 0.25) is 0 Å². The van der Waals surface area contributed by atoms with E-state index in [1.165, 1.54) is 32.4 Å². The molecule has 2 aliphatic heterocycles. The zero-order valence-electron chi connectivity index (χ0n) is 14.0. The molecule has 2 atom stereocenters. The largest absolute Gasteiger partial charge is 0.375 e. The van der Waals surface area contributed by atoms with E-state index in [-0.39, 0.29) is 5.60 Å². The zero-order valence-corrected chi connectivity index (χ0v) is 14.0. The molecule has 2 saturated heterocycles. The molecule has 0 spiro atoms. The van der Waals surface area contributed by atoms with Crippen LogP contribution in [0.5, 0.6) is 0 Å². The second-order valence-corrected chi connectivity index (χ2v) is 7.16. The minimum atomic E-state index is 0.154. The third-order valence-electron chi connectivity index (χ3n) is 5.31. The minimum absolute atomic E-state index is 0.154. The molecule has 1 N–H and O–H groups in total. The molecule has 2 aliphatic rings. The van der Waals surface area contributed by atoms with Crippen molar-refractivity contribution in [1.29, 1.82) is 0 Å². The van der Waals surface area contributed by atoms with E-state index in [1.54, 1.807) is 0 Å². The van der Waals surface area contributed by atoms with Crippen molar-refractivity contribution >= 4 is 0 Å². The molecule has 3 heteroatoms. The second-order valence-electron chi connectivity index (χ2n) is 7.16. The quantitative estimate of drug-likeness (QED) is 0.839. The van der Waals surface area contributed by atoms with Crippen molar-refractivity contribution in [2.75, 3.05) is 26.2 Å². The fraction of sp³-hybridized carbons (Fsp3) is 1.00. The number of nitrogens with one attached hydrogen (secondary N) is 1. The summed E-state index contributed by atoms with van der Waals surface area (Å²) in [7, 11) is 0. The Bertz CT molecular complexity index is 289. The summed E-state index contributed by atoms with van der Waals surface area (Å²) in [5.74, 6) is 0.785. The Hall–Kier alpha value is -0.120. The average molecular weight is 282 g/mol. The summed E-state index contributed by atoms with van der Waals surface area (Å²) in [5.41, 5.74) is 0.154. The highest BCUT2D eigenvalue weighted by Gasteiger charge is 2.37. The highest BCUT2D eigenvalue weighted by molar-refractivity contribution is 4.92. The number of hydrogen-bond donors (Lipinski definition) is 1. The van der Waals surface area contributed by atoms with Crippen molar-refractivity contribution in [2.24, 2.45) is 5.92 Å². The van der Waals surface area contributed by atoms with Crippen LogP contribution in [0.3, 0.4) is 0 Å². The van der Waals surface area contributed by atoms with E-state index in [9.17, 15) is 0 Å². The van der Waals surface area contributed by atoms with Crippen LogP contribution in [-0.2, 0) is 4.74 Å². The topological polar surface area (TPSA) is 24.5 Å². The standard InChI is InChI=1S/C17H34N2O/c1-5-17(6-2)12-16(7-10-20-17)19-9-8-18-15(13-19)11-14(3)4/h14-16,18H,5-13H2,1-4H3. The van der Waals surface area contributed by atoms with Gasteiger partial charge in [-0.3, -0.25) is 4.90 Å². The highest BCUT2D eigenvalue weighted by atomic mass is 16.5. The van der Waals surface area contributed by atoms with Crippen molar-refractivity contribution in [3.8, 4) is 0 Å². The molecule has 118 valence electrons. The molecule has 0 amide bonds. The summed E-state index contributed by atoms with van der Waals surface area (Å²) < 4.78 is 6.13. The van der Waals surface area contributed by atoms with Crippen molar-refractivity contribution in [2.45, 2.75) is 77.5 Å². The van der Waals surface area contributed by atoms with Crippen LogP contribution in [0.2, 0.25) is 0 Å². The van der Waals surface area contributed by atoms with Crippen molar-refractivity contribution in [3.63, 3.8) is 0 Å². The van der Waals surface area contributed by atoms with Gasteiger partial charge >= 0.3 is 0 Å². The molecule has 2 unspecified atom stereocenters. The van der Waals surface area contributed by atoms with Gasteiger partial charge < -0.3 is 10.1 Å². The molecule has 0 bridgehead atoms. The smallest absolute Gasteiger partial charge is 0.0692 e. The van der Waals surface area contributed by atoms with Crippen LogP contribution in [-0.4, -0.2) is 48.8 Å². The lowest BCUT2D eigenvalue weighted by atomic mass is 9.84. The maximum atomic E-state index is 6.13. The SMILES string of the molecule is CCC1(CC)CC(N2CCNC(CC(C)C)C2)CCO1. The molecule has 2 heterocycles. The molecule has 0 saturated carbocycles. The molecule has 20 heavy (non-hydrogen) atoms. The van der Waals surface area contributed by atoms with Crippen LogP contribution < -0.4 is 5.32 Å². The van der Waals surface area contributed by atoms with Gasteiger partial charge in [0.15, 0.2) is 0 Å². The van der Waals surface area contributed by atoms with E-state index in [4.69, 9.17) is 4.74 Å². The number of rotatable bonds is 5. The number of nitrogens with zero attached hydrogens (tertiary/aromatic N) is 1. The van der Waals surface area contributed by atoms with E-state index in [0.29, 0.717) is 6.04 Å². The number of hydrogen-bond acceptors (Lipinski definition) is 3. The molecule has 2 rings (SSSR count). The molecule has 0 aromatic heterocycles. The number of piperazine rings is 1. The maximum absolute atomic E-state index is 6.13. The van der Waals surface area contributed by atoms with E-state index in [2.05, 4.69) is 37.9 Å². The van der Waals surface area contributed by atoms with E-state index >= 15 is 0 Å². The molecule has 2 fully saturated rings. The monoisotopic (exact) mass is 282 g/mol. The average Bonchev–Trinajstić information content (AvgIpc) is 2.47. The molecule has 0 aromatic carbocycles. The van der Waals surface area contributed by atoms with Crippen LogP contribution in [0.25, 0.3) is 0 Å². The van der Waals surface area contributed by atoms with E-state index < -0.39 is 0 Å². The normalized spacial score (nSPS) is 31.6. The molecular weight excluding hydrogens is 248 g/mol. The van der Waals surface area contributed by atoms with Crippen LogP contribution in [0, 0.1) is 5.92 Å². The Morgan fingerprint density at radius 1 is 1.30 bits per heavy atom. The Morgan fingerprint density at radius 2 is 2.05 bits per heavy atom. The fourth-order valence-corrected chi connectivity index (χ4v) is 3.97. The molecular formula is C17H34N2O. The van der Waals surface area contributed by atoms with E-state index in [1.807, 2.05) is 0 Å². The van der Waals surface area contributed by atoms with Crippen LogP contribution in [0.1, 0.15) is 59.8 Å². The first kappa shape index (κ1) is 16.3. The highest BCUT2D eigenvalue weighted by Crippen LogP contribution is 2.34. The van der Waals surface area contributed by atoms with Crippen LogP contribution >= 0.6 is 0 Å². The second kappa shape index (κ2) is 7.24. The van der Waals surface area contributed by atoms with Crippen LogP contribution in [0.4, 0.5) is 0 Å². The first-order valence-electron chi connectivity index (χ1n) is 8.70. The third kappa shape index (κ3) is 3.96. The van der Waals surface area contributed by atoms with Crippen molar-refractivity contribution in [3.05, 3.63) is 0 Å². The molecule has 0 radical (unpaired) electrons. The lowest BCUT2D eigenvalue weighted by Gasteiger charge is -2.46. The summed E-state index contributed by atoms with van der Waals surface area (Å²) in [6, 6.07) is 1.42. The zero-order chi connectivity index (χ0) is 14.6. The predicted molar refractivity (Wildman–Crippen MR) is 85.1 cm³/mol. The van der Waals surface area contributed by atoms with Gasteiger partial charge in [0.25, 0.3) is 0 Å². The van der Waals surface area contributed by atoms with Crippen LogP contribution in [0.15, 0.2) is 0 Å². The van der Waals surface area contributed by atoms with Gasteiger partial charge in [0.05, 0.1) is 5.60 Å². The van der Waals surface area contributed by atoms with Gasteiger partial charge in [-0.15, -0.1) is 0 Å². The number of ether oxygens (including phenoxy) is 1. The third-order valence-corrected chi connectivity index (χ3v) is 5.31. The summed E-state index contributed by atoms with van der Waals surface area (Å²) in [6.07, 6.45) is 6.06. The van der Waals surface area contributed by atoms with Gasteiger partial charge in [0.1, 0.15) is 0 Å².